The Balaban J connectivity index is 1.73. The average Bonchev–Trinajstić information content (AvgIpc) is 2.88. The van der Waals surface area contributed by atoms with Crippen molar-refractivity contribution in [3.63, 3.8) is 0 Å². The van der Waals surface area contributed by atoms with E-state index in [1.165, 1.54) is 0 Å². The molecule has 0 atom stereocenters. The molecule has 0 aromatic heterocycles. The molecule has 3 N–H and O–H groups in total. The van der Waals surface area contributed by atoms with Crippen LogP contribution in [0, 0.1) is 0 Å². The summed E-state index contributed by atoms with van der Waals surface area (Å²) in [7, 11) is 0. The smallest absolute Gasteiger partial charge is 0.329 e. The molecular formula is C18H23N3O4. The number of aliphatic carboxylic acids is 1. The van der Waals surface area contributed by atoms with E-state index in [0.29, 0.717) is 37.2 Å². The first kappa shape index (κ1) is 17.3. The molecule has 3 amide bonds. The van der Waals surface area contributed by atoms with Crippen molar-refractivity contribution in [2.24, 2.45) is 0 Å². The van der Waals surface area contributed by atoms with Gasteiger partial charge in [0.25, 0.3) is 5.91 Å². The molecule has 0 spiro atoms. The van der Waals surface area contributed by atoms with Crippen LogP contribution in [0.2, 0.25) is 0 Å². The predicted molar refractivity (Wildman–Crippen MR) is 92.7 cm³/mol. The molecular weight excluding hydrogens is 322 g/mol. The molecule has 7 nitrogen and oxygen atoms in total. The summed E-state index contributed by atoms with van der Waals surface area (Å²) in [4.78, 5) is 37.6. The summed E-state index contributed by atoms with van der Waals surface area (Å²) in [6.07, 6.45) is 4.51. The zero-order chi connectivity index (χ0) is 17.9. The van der Waals surface area contributed by atoms with Gasteiger partial charge in [-0.3, -0.25) is 9.69 Å². The summed E-state index contributed by atoms with van der Waals surface area (Å²) < 4.78 is 0. The molecule has 1 heterocycles. The molecule has 1 saturated carbocycles. The number of amides is 3. The van der Waals surface area contributed by atoms with Gasteiger partial charge in [0.05, 0.1) is 0 Å². The molecule has 1 aromatic carbocycles. The van der Waals surface area contributed by atoms with Crippen LogP contribution in [0.1, 0.15) is 48.9 Å². The minimum atomic E-state index is -1.18. The maximum atomic E-state index is 12.6. The van der Waals surface area contributed by atoms with Crippen LogP contribution in [-0.4, -0.2) is 41.6 Å². The Morgan fingerprint density at radius 2 is 1.72 bits per heavy atom. The topological polar surface area (TPSA) is 98.7 Å². The molecule has 1 aliphatic carbocycles. The molecule has 25 heavy (non-hydrogen) atoms. The molecule has 1 saturated heterocycles. The highest BCUT2D eigenvalue weighted by Crippen LogP contribution is 2.28. The van der Waals surface area contributed by atoms with E-state index in [2.05, 4.69) is 10.6 Å². The number of carboxylic acids is 1. The van der Waals surface area contributed by atoms with Crippen LogP contribution in [0.25, 0.3) is 0 Å². The second-order valence-corrected chi connectivity index (χ2v) is 6.69. The minimum absolute atomic E-state index is 0.152. The largest absolute Gasteiger partial charge is 0.480 e. The van der Waals surface area contributed by atoms with Gasteiger partial charge in [0.2, 0.25) is 0 Å². The van der Waals surface area contributed by atoms with Crippen molar-refractivity contribution < 1.29 is 19.5 Å². The van der Waals surface area contributed by atoms with Gasteiger partial charge in [0.1, 0.15) is 5.54 Å². The monoisotopic (exact) mass is 345 g/mol. The molecule has 1 aromatic rings. The Bertz CT molecular complexity index is 663. The number of carbonyl (C=O) groups excluding carboxylic acids is 2. The van der Waals surface area contributed by atoms with Crippen LogP contribution < -0.4 is 15.5 Å². The summed E-state index contributed by atoms with van der Waals surface area (Å²) in [5, 5.41) is 15.1. The van der Waals surface area contributed by atoms with Crippen LogP contribution in [0.4, 0.5) is 10.5 Å². The van der Waals surface area contributed by atoms with Crippen molar-refractivity contribution in [1.82, 2.24) is 10.6 Å². The van der Waals surface area contributed by atoms with Crippen LogP contribution in [0.3, 0.4) is 0 Å². The van der Waals surface area contributed by atoms with E-state index in [1.807, 2.05) is 0 Å². The summed E-state index contributed by atoms with van der Waals surface area (Å²) >= 11 is 0. The number of carbonyl (C=O) groups is 3. The first-order chi connectivity index (χ1) is 12.0. The fourth-order valence-electron chi connectivity index (χ4n) is 3.52. The molecule has 0 radical (unpaired) electrons. The van der Waals surface area contributed by atoms with Crippen molar-refractivity contribution in [2.75, 3.05) is 18.0 Å². The molecule has 0 unspecified atom stereocenters. The number of hydrogen-bond acceptors (Lipinski definition) is 3. The molecule has 134 valence electrons. The van der Waals surface area contributed by atoms with Crippen LogP contribution in [0.15, 0.2) is 24.3 Å². The number of anilines is 1. The maximum Gasteiger partial charge on any atom is 0.329 e. The molecule has 2 aliphatic rings. The third-order valence-electron chi connectivity index (χ3n) is 5.02. The number of carboxylic acid groups (broad SMARTS) is 1. The SMILES string of the molecule is O=C(NC1(C(=O)O)CCCCCC1)c1ccc(N2CCNC2=O)cc1. The van der Waals surface area contributed by atoms with E-state index in [-0.39, 0.29) is 11.9 Å². The van der Waals surface area contributed by atoms with E-state index >= 15 is 0 Å². The van der Waals surface area contributed by atoms with Gasteiger partial charge >= 0.3 is 12.0 Å². The van der Waals surface area contributed by atoms with E-state index in [4.69, 9.17) is 0 Å². The first-order valence-corrected chi connectivity index (χ1v) is 8.73. The number of urea groups is 1. The Morgan fingerprint density at radius 1 is 1.08 bits per heavy atom. The second kappa shape index (κ2) is 7.13. The van der Waals surface area contributed by atoms with Crippen molar-refractivity contribution in [2.45, 2.75) is 44.1 Å². The van der Waals surface area contributed by atoms with Gasteiger partial charge in [-0.2, -0.15) is 0 Å². The van der Waals surface area contributed by atoms with E-state index in [0.717, 1.165) is 25.7 Å². The van der Waals surface area contributed by atoms with Gasteiger partial charge in [-0.1, -0.05) is 25.7 Å². The van der Waals surface area contributed by atoms with Crippen molar-refractivity contribution in [1.29, 1.82) is 0 Å². The highest BCUT2D eigenvalue weighted by Gasteiger charge is 2.40. The summed E-state index contributed by atoms with van der Waals surface area (Å²) in [5.41, 5.74) is -0.0663. The van der Waals surface area contributed by atoms with Gasteiger partial charge in [0.15, 0.2) is 0 Å². The zero-order valence-electron chi connectivity index (χ0n) is 14.1. The predicted octanol–water partition coefficient (Wildman–Crippen LogP) is 2.12. The standard InChI is InChI=1S/C18H23N3O4/c22-15(20-18(16(23)24)9-3-1-2-4-10-18)13-5-7-14(8-6-13)21-12-11-19-17(21)25/h5-8H,1-4,9-12H2,(H,19,25)(H,20,22)(H,23,24). The van der Waals surface area contributed by atoms with Gasteiger partial charge in [-0.05, 0) is 37.1 Å². The third kappa shape index (κ3) is 3.60. The Morgan fingerprint density at radius 3 is 2.24 bits per heavy atom. The normalized spacial score (nSPS) is 19.8. The lowest BCUT2D eigenvalue weighted by Crippen LogP contribution is -2.54. The molecule has 3 rings (SSSR count). The van der Waals surface area contributed by atoms with E-state index < -0.39 is 11.5 Å². The summed E-state index contributed by atoms with van der Waals surface area (Å²) in [6.45, 7) is 1.19. The lowest BCUT2D eigenvalue weighted by Gasteiger charge is -2.29. The van der Waals surface area contributed by atoms with Gasteiger partial charge in [-0.25, -0.2) is 9.59 Å². The Hall–Kier alpha value is -2.57. The maximum absolute atomic E-state index is 12.6. The van der Waals surface area contributed by atoms with Crippen LogP contribution >= 0.6 is 0 Å². The van der Waals surface area contributed by atoms with Gasteiger partial charge in [0, 0.05) is 24.3 Å². The fourth-order valence-corrected chi connectivity index (χ4v) is 3.52. The molecule has 1 aliphatic heterocycles. The summed E-state index contributed by atoms with van der Waals surface area (Å²) in [5.74, 6) is -1.35. The van der Waals surface area contributed by atoms with Gasteiger partial charge in [-0.15, -0.1) is 0 Å². The van der Waals surface area contributed by atoms with Crippen LogP contribution in [-0.2, 0) is 4.79 Å². The number of hydrogen-bond donors (Lipinski definition) is 3. The zero-order valence-corrected chi connectivity index (χ0v) is 14.1. The highest BCUT2D eigenvalue weighted by atomic mass is 16.4. The Kier molecular flexibility index (Phi) is 4.92. The molecule has 7 heteroatoms. The molecule has 2 fully saturated rings. The third-order valence-corrected chi connectivity index (χ3v) is 5.02. The van der Waals surface area contributed by atoms with Crippen molar-refractivity contribution in [3.05, 3.63) is 29.8 Å². The van der Waals surface area contributed by atoms with Crippen molar-refractivity contribution in [3.8, 4) is 0 Å². The highest BCUT2D eigenvalue weighted by molar-refractivity contribution is 5.99. The average molecular weight is 345 g/mol. The number of nitrogens with zero attached hydrogens (tertiary/aromatic N) is 1. The summed E-state index contributed by atoms with van der Waals surface area (Å²) in [6, 6.07) is 6.52. The second-order valence-electron chi connectivity index (χ2n) is 6.69. The number of benzene rings is 1. The minimum Gasteiger partial charge on any atom is -0.480 e. The van der Waals surface area contributed by atoms with Crippen molar-refractivity contribution >= 4 is 23.6 Å². The quantitative estimate of drug-likeness (QED) is 0.728. The first-order valence-electron chi connectivity index (χ1n) is 8.73. The lowest BCUT2D eigenvalue weighted by atomic mass is 9.90. The lowest BCUT2D eigenvalue weighted by molar-refractivity contribution is -0.145. The fraction of sp³-hybridized carbons (Fsp3) is 0.500. The Labute approximate surface area is 146 Å². The number of nitrogens with one attached hydrogen (secondary N) is 2. The number of rotatable bonds is 4. The van der Waals surface area contributed by atoms with Crippen LogP contribution in [0.5, 0.6) is 0 Å². The molecule has 0 bridgehead atoms. The van der Waals surface area contributed by atoms with Gasteiger partial charge < -0.3 is 15.7 Å². The van der Waals surface area contributed by atoms with E-state index in [9.17, 15) is 19.5 Å². The van der Waals surface area contributed by atoms with E-state index in [1.54, 1.807) is 29.2 Å².